The molecule has 0 unspecified atom stereocenters. The van der Waals surface area contributed by atoms with Crippen LogP contribution >= 0.6 is 0 Å². The molecule has 0 radical (unpaired) electrons. The zero-order valence-corrected chi connectivity index (χ0v) is 9.49. The molecule has 1 aliphatic heterocycles. The van der Waals surface area contributed by atoms with E-state index in [1.807, 2.05) is 17.9 Å². The van der Waals surface area contributed by atoms with E-state index in [0.717, 1.165) is 24.9 Å². The molecule has 80 valence electrons. The Bertz CT molecular complexity index is 212. The van der Waals surface area contributed by atoms with Gasteiger partial charge in [-0.3, -0.25) is 4.79 Å². The molecule has 0 spiro atoms. The van der Waals surface area contributed by atoms with Crippen LogP contribution in [0.25, 0.3) is 0 Å². The van der Waals surface area contributed by atoms with Gasteiger partial charge in [-0.1, -0.05) is 19.9 Å². The number of carbonyl (C=O) groups excluding carboxylic acids is 1. The predicted octanol–water partition coefficient (Wildman–Crippen LogP) is 2.46. The van der Waals surface area contributed by atoms with Gasteiger partial charge in [0.15, 0.2) is 0 Å². The second-order valence-corrected chi connectivity index (χ2v) is 4.41. The molecule has 0 bridgehead atoms. The summed E-state index contributed by atoms with van der Waals surface area (Å²) >= 11 is 0. The number of allylic oxidation sites excluding steroid dienone is 1. The van der Waals surface area contributed by atoms with Crippen molar-refractivity contribution in [3.05, 3.63) is 12.2 Å². The molecule has 2 heteroatoms. The highest BCUT2D eigenvalue weighted by atomic mass is 16.2. The number of piperidine rings is 1. The fraction of sp³-hybridized carbons (Fsp3) is 0.750. The number of rotatable bonds is 2. The van der Waals surface area contributed by atoms with Gasteiger partial charge in [-0.05, 0) is 37.7 Å². The summed E-state index contributed by atoms with van der Waals surface area (Å²) in [4.78, 5) is 13.5. The van der Waals surface area contributed by atoms with Gasteiger partial charge in [-0.15, -0.1) is 0 Å². The fourth-order valence-corrected chi connectivity index (χ4v) is 2.03. The van der Waals surface area contributed by atoms with E-state index in [-0.39, 0.29) is 5.91 Å². The first-order valence-electron chi connectivity index (χ1n) is 5.56. The van der Waals surface area contributed by atoms with Gasteiger partial charge >= 0.3 is 0 Å². The van der Waals surface area contributed by atoms with Crippen LogP contribution in [0.3, 0.4) is 0 Å². The summed E-state index contributed by atoms with van der Waals surface area (Å²) in [7, 11) is 0. The monoisotopic (exact) mass is 195 g/mol. The summed E-state index contributed by atoms with van der Waals surface area (Å²) in [6.45, 7) is 8.30. The smallest absolute Gasteiger partial charge is 0.246 e. The molecule has 1 aliphatic rings. The molecule has 0 saturated carbocycles. The molecule has 1 fully saturated rings. The maximum Gasteiger partial charge on any atom is 0.246 e. The van der Waals surface area contributed by atoms with Gasteiger partial charge in [0.25, 0.3) is 0 Å². The summed E-state index contributed by atoms with van der Waals surface area (Å²) in [6, 6.07) is 0. The molecule has 0 aromatic carbocycles. The maximum absolute atomic E-state index is 11.5. The molecule has 1 heterocycles. The van der Waals surface area contributed by atoms with Gasteiger partial charge in [-0.2, -0.15) is 0 Å². The van der Waals surface area contributed by atoms with Crippen LogP contribution in [-0.4, -0.2) is 23.9 Å². The van der Waals surface area contributed by atoms with Crippen LogP contribution in [0.1, 0.15) is 33.6 Å². The standard InChI is InChI=1S/C12H21NO/c1-4-5-12(14)13-8-6-11(7-9-13)10(2)3/h4-5,10-11H,6-9H2,1-3H3/b5-4+. The zero-order chi connectivity index (χ0) is 10.6. The Morgan fingerprint density at radius 2 is 1.93 bits per heavy atom. The quantitative estimate of drug-likeness (QED) is 0.620. The zero-order valence-electron chi connectivity index (χ0n) is 9.49. The summed E-state index contributed by atoms with van der Waals surface area (Å²) in [5.74, 6) is 1.74. The van der Waals surface area contributed by atoms with E-state index < -0.39 is 0 Å². The SMILES string of the molecule is C/C=C/C(=O)N1CCC(C(C)C)CC1. The van der Waals surface area contributed by atoms with Gasteiger partial charge in [0.1, 0.15) is 0 Å². The normalized spacial score (nSPS) is 19.6. The van der Waals surface area contributed by atoms with E-state index in [1.54, 1.807) is 6.08 Å². The average Bonchev–Trinajstić information content (AvgIpc) is 2.18. The fourth-order valence-electron chi connectivity index (χ4n) is 2.03. The number of likely N-dealkylation sites (tertiary alicyclic amines) is 1. The van der Waals surface area contributed by atoms with Gasteiger partial charge in [0, 0.05) is 13.1 Å². The van der Waals surface area contributed by atoms with Crippen molar-refractivity contribution >= 4 is 5.91 Å². The molecule has 2 nitrogen and oxygen atoms in total. The van der Waals surface area contributed by atoms with Crippen molar-refractivity contribution in [3.8, 4) is 0 Å². The Balaban J connectivity index is 2.39. The topological polar surface area (TPSA) is 20.3 Å². The minimum absolute atomic E-state index is 0.176. The second-order valence-electron chi connectivity index (χ2n) is 4.41. The second kappa shape index (κ2) is 5.18. The predicted molar refractivity (Wildman–Crippen MR) is 59.0 cm³/mol. The lowest BCUT2D eigenvalue weighted by atomic mass is 9.87. The minimum atomic E-state index is 0.176. The summed E-state index contributed by atoms with van der Waals surface area (Å²) in [6.07, 6.45) is 5.81. The Morgan fingerprint density at radius 3 is 2.36 bits per heavy atom. The molecule has 0 aliphatic carbocycles. The first-order valence-corrected chi connectivity index (χ1v) is 5.56. The summed E-state index contributed by atoms with van der Waals surface area (Å²) in [5.41, 5.74) is 0. The van der Waals surface area contributed by atoms with E-state index in [0.29, 0.717) is 0 Å². The molecular weight excluding hydrogens is 174 g/mol. The number of amides is 1. The third-order valence-electron chi connectivity index (χ3n) is 3.10. The highest BCUT2D eigenvalue weighted by Crippen LogP contribution is 2.24. The number of carbonyl (C=O) groups is 1. The number of hydrogen-bond acceptors (Lipinski definition) is 1. The lowest BCUT2D eigenvalue weighted by molar-refractivity contribution is -0.127. The third-order valence-corrected chi connectivity index (χ3v) is 3.10. The van der Waals surface area contributed by atoms with Gasteiger partial charge in [0.05, 0.1) is 0 Å². The van der Waals surface area contributed by atoms with Crippen molar-refractivity contribution in [3.63, 3.8) is 0 Å². The van der Waals surface area contributed by atoms with Crippen LogP contribution in [0.2, 0.25) is 0 Å². The molecule has 1 amide bonds. The Labute approximate surface area is 87.0 Å². The number of hydrogen-bond donors (Lipinski definition) is 0. The average molecular weight is 195 g/mol. The van der Waals surface area contributed by atoms with Crippen molar-refractivity contribution in [2.75, 3.05) is 13.1 Å². The molecule has 14 heavy (non-hydrogen) atoms. The van der Waals surface area contributed by atoms with Gasteiger partial charge in [-0.25, -0.2) is 0 Å². The van der Waals surface area contributed by atoms with Crippen LogP contribution in [0, 0.1) is 11.8 Å². The summed E-state index contributed by atoms with van der Waals surface area (Å²) < 4.78 is 0. The first kappa shape index (κ1) is 11.3. The Hall–Kier alpha value is -0.790. The van der Waals surface area contributed by atoms with Crippen molar-refractivity contribution in [1.29, 1.82) is 0 Å². The summed E-state index contributed by atoms with van der Waals surface area (Å²) in [5, 5.41) is 0. The van der Waals surface area contributed by atoms with Crippen molar-refractivity contribution in [2.45, 2.75) is 33.6 Å². The molecular formula is C12H21NO. The van der Waals surface area contributed by atoms with E-state index in [1.165, 1.54) is 12.8 Å². The van der Waals surface area contributed by atoms with Gasteiger partial charge in [0.2, 0.25) is 5.91 Å². The van der Waals surface area contributed by atoms with E-state index in [2.05, 4.69) is 13.8 Å². The van der Waals surface area contributed by atoms with Crippen molar-refractivity contribution < 1.29 is 4.79 Å². The first-order chi connectivity index (χ1) is 6.65. The number of nitrogens with zero attached hydrogens (tertiary/aromatic N) is 1. The Kier molecular flexibility index (Phi) is 4.18. The minimum Gasteiger partial charge on any atom is -0.339 e. The highest BCUT2D eigenvalue weighted by Gasteiger charge is 2.22. The van der Waals surface area contributed by atoms with E-state index in [9.17, 15) is 4.79 Å². The molecule has 0 atom stereocenters. The van der Waals surface area contributed by atoms with Crippen LogP contribution < -0.4 is 0 Å². The molecule has 0 aromatic rings. The Morgan fingerprint density at radius 1 is 1.36 bits per heavy atom. The van der Waals surface area contributed by atoms with Gasteiger partial charge < -0.3 is 4.90 Å². The van der Waals surface area contributed by atoms with Crippen LogP contribution in [0.4, 0.5) is 0 Å². The molecule has 1 saturated heterocycles. The highest BCUT2D eigenvalue weighted by molar-refractivity contribution is 5.87. The molecule has 0 aromatic heterocycles. The molecule has 0 N–H and O–H groups in total. The third kappa shape index (κ3) is 2.86. The van der Waals surface area contributed by atoms with Crippen LogP contribution in [-0.2, 0) is 4.79 Å². The van der Waals surface area contributed by atoms with Crippen molar-refractivity contribution in [1.82, 2.24) is 4.90 Å². The van der Waals surface area contributed by atoms with E-state index >= 15 is 0 Å². The molecule has 1 rings (SSSR count). The van der Waals surface area contributed by atoms with Crippen LogP contribution in [0.15, 0.2) is 12.2 Å². The lowest BCUT2D eigenvalue weighted by Crippen LogP contribution is -2.38. The maximum atomic E-state index is 11.5. The van der Waals surface area contributed by atoms with Crippen molar-refractivity contribution in [2.24, 2.45) is 11.8 Å². The van der Waals surface area contributed by atoms with E-state index in [4.69, 9.17) is 0 Å². The van der Waals surface area contributed by atoms with Crippen LogP contribution in [0.5, 0.6) is 0 Å². The lowest BCUT2D eigenvalue weighted by Gasteiger charge is -2.33. The largest absolute Gasteiger partial charge is 0.339 e.